The number of guanidine groups is 1. The van der Waals surface area contributed by atoms with Gasteiger partial charge in [-0.3, -0.25) is 4.99 Å². The molecule has 0 radical (unpaired) electrons. The molecular weight excluding hydrogens is 407 g/mol. The molecule has 1 saturated heterocycles. The van der Waals surface area contributed by atoms with Crippen LogP contribution in [0.2, 0.25) is 0 Å². The summed E-state index contributed by atoms with van der Waals surface area (Å²) in [5.41, 5.74) is 0. The number of hydrogen-bond donors (Lipinski definition) is 2. The molecule has 0 spiro atoms. The first-order valence-electron chi connectivity index (χ1n) is 8.57. The zero-order valence-corrected chi connectivity index (χ0v) is 17.3. The summed E-state index contributed by atoms with van der Waals surface area (Å²) in [6, 6.07) is 0. The molecule has 1 aliphatic rings. The third-order valence-corrected chi connectivity index (χ3v) is 3.76. The van der Waals surface area contributed by atoms with Crippen molar-refractivity contribution in [3.8, 4) is 0 Å². The molecule has 23 heavy (non-hydrogen) atoms. The Morgan fingerprint density at radius 2 is 2.17 bits per heavy atom. The lowest BCUT2D eigenvalue weighted by molar-refractivity contribution is 0.106. The Bertz CT molecular complexity index is 300. The molecule has 1 rings (SSSR count). The first kappa shape index (κ1) is 22.9. The lowest BCUT2D eigenvalue weighted by Gasteiger charge is -2.18. The zero-order valence-electron chi connectivity index (χ0n) is 15.0. The van der Waals surface area contributed by atoms with Crippen LogP contribution in [-0.2, 0) is 9.47 Å². The van der Waals surface area contributed by atoms with E-state index in [0.717, 1.165) is 64.7 Å². The van der Waals surface area contributed by atoms with Crippen LogP contribution in [0.1, 0.15) is 32.6 Å². The summed E-state index contributed by atoms with van der Waals surface area (Å²) in [6.45, 7) is 8.50. The molecule has 1 aliphatic heterocycles. The van der Waals surface area contributed by atoms with E-state index >= 15 is 0 Å². The summed E-state index contributed by atoms with van der Waals surface area (Å²) in [7, 11) is 3.89. The molecule has 0 aromatic heterocycles. The summed E-state index contributed by atoms with van der Waals surface area (Å²) in [4.78, 5) is 6.93. The summed E-state index contributed by atoms with van der Waals surface area (Å²) < 4.78 is 10.7. The highest BCUT2D eigenvalue weighted by atomic mass is 127. The number of halogens is 1. The molecule has 1 atom stereocenters. The largest absolute Gasteiger partial charge is 0.385 e. The van der Waals surface area contributed by atoms with E-state index in [2.05, 4.69) is 34.5 Å². The highest BCUT2D eigenvalue weighted by Crippen LogP contribution is 2.14. The fourth-order valence-electron chi connectivity index (χ4n) is 2.49. The van der Waals surface area contributed by atoms with Crippen molar-refractivity contribution in [3.63, 3.8) is 0 Å². The van der Waals surface area contributed by atoms with Crippen molar-refractivity contribution in [1.29, 1.82) is 0 Å². The van der Waals surface area contributed by atoms with Gasteiger partial charge in [0.05, 0.1) is 6.10 Å². The average Bonchev–Trinajstić information content (AvgIpc) is 3.01. The predicted octanol–water partition coefficient (Wildman–Crippen LogP) is 1.70. The van der Waals surface area contributed by atoms with E-state index in [1.165, 1.54) is 12.8 Å². The minimum Gasteiger partial charge on any atom is -0.385 e. The molecule has 0 aromatic carbocycles. The van der Waals surface area contributed by atoms with Gasteiger partial charge in [0, 0.05) is 53.0 Å². The monoisotopic (exact) mass is 442 g/mol. The number of hydrogen-bond acceptors (Lipinski definition) is 4. The maximum Gasteiger partial charge on any atom is 0.191 e. The predicted molar refractivity (Wildman–Crippen MR) is 107 cm³/mol. The van der Waals surface area contributed by atoms with Crippen LogP contribution in [0, 0.1) is 0 Å². The molecule has 0 saturated carbocycles. The Morgan fingerprint density at radius 1 is 1.35 bits per heavy atom. The Morgan fingerprint density at radius 3 is 2.83 bits per heavy atom. The van der Waals surface area contributed by atoms with Crippen molar-refractivity contribution in [2.45, 2.75) is 38.7 Å². The highest BCUT2D eigenvalue weighted by molar-refractivity contribution is 14.0. The van der Waals surface area contributed by atoms with E-state index in [1.807, 2.05) is 0 Å². The number of aliphatic imine (C=N–C) groups is 1. The standard InChI is InChI=1S/C16H34N4O2.HI/c1-4-17-16(18-9-8-15-7-5-14-22-15)19-10-12-20(2)11-6-13-21-3;/h15H,4-14H2,1-3H3,(H2,17,18,19);1H. The summed E-state index contributed by atoms with van der Waals surface area (Å²) in [6.07, 6.45) is 4.89. The highest BCUT2D eigenvalue weighted by Gasteiger charge is 2.14. The van der Waals surface area contributed by atoms with Gasteiger partial charge in [-0.1, -0.05) is 0 Å². The number of likely N-dealkylation sites (N-methyl/N-ethyl adjacent to an activating group) is 1. The maximum absolute atomic E-state index is 5.63. The normalized spacial score (nSPS) is 18.1. The van der Waals surface area contributed by atoms with Crippen molar-refractivity contribution >= 4 is 29.9 Å². The van der Waals surface area contributed by atoms with Crippen molar-refractivity contribution in [2.24, 2.45) is 4.99 Å². The molecular formula is C16H35IN4O2. The molecule has 0 aromatic rings. The van der Waals surface area contributed by atoms with Crippen LogP contribution in [0.25, 0.3) is 0 Å². The summed E-state index contributed by atoms with van der Waals surface area (Å²) >= 11 is 0. The summed E-state index contributed by atoms with van der Waals surface area (Å²) in [5.74, 6) is 0.908. The molecule has 1 fully saturated rings. The first-order chi connectivity index (χ1) is 10.8. The lowest BCUT2D eigenvalue weighted by Crippen LogP contribution is -2.41. The Hall–Kier alpha value is -0.120. The van der Waals surface area contributed by atoms with Crippen LogP contribution in [0.15, 0.2) is 4.99 Å². The summed E-state index contributed by atoms with van der Waals surface area (Å²) in [5, 5.41) is 6.69. The van der Waals surface area contributed by atoms with Crippen LogP contribution >= 0.6 is 24.0 Å². The van der Waals surface area contributed by atoms with Gasteiger partial charge in [0.15, 0.2) is 5.96 Å². The third kappa shape index (κ3) is 12.0. The van der Waals surface area contributed by atoms with E-state index in [9.17, 15) is 0 Å². The SMILES string of the molecule is CCNC(=NCCC1CCCO1)NCCN(C)CCCOC.I. The van der Waals surface area contributed by atoms with Gasteiger partial charge >= 0.3 is 0 Å². The van der Waals surface area contributed by atoms with E-state index in [0.29, 0.717) is 6.10 Å². The third-order valence-electron chi connectivity index (χ3n) is 3.76. The van der Waals surface area contributed by atoms with Crippen molar-refractivity contribution < 1.29 is 9.47 Å². The van der Waals surface area contributed by atoms with Crippen molar-refractivity contribution in [1.82, 2.24) is 15.5 Å². The Kier molecular flexibility index (Phi) is 15.3. The second kappa shape index (κ2) is 15.4. The molecule has 0 aliphatic carbocycles. The van der Waals surface area contributed by atoms with Gasteiger partial charge in [0.2, 0.25) is 0 Å². The van der Waals surface area contributed by atoms with E-state index in [1.54, 1.807) is 7.11 Å². The number of rotatable bonds is 11. The van der Waals surface area contributed by atoms with Crippen LogP contribution in [-0.4, -0.2) is 77.1 Å². The molecule has 7 heteroatoms. The number of nitrogens with zero attached hydrogens (tertiary/aromatic N) is 2. The minimum atomic E-state index is 0. The molecule has 6 nitrogen and oxygen atoms in total. The van der Waals surface area contributed by atoms with Crippen molar-refractivity contribution in [3.05, 3.63) is 0 Å². The number of methoxy groups -OCH3 is 1. The van der Waals surface area contributed by atoms with Crippen LogP contribution in [0.4, 0.5) is 0 Å². The maximum atomic E-state index is 5.63. The van der Waals surface area contributed by atoms with Crippen LogP contribution < -0.4 is 10.6 Å². The quantitative estimate of drug-likeness (QED) is 0.221. The van der Waals surface area contributed by atoms with Gasteiger partial charge in [0.25, 0.3) is 0 Å². The average molecular weight is 442 g/mol. The second-order valence-electron chi connectivity index (χ2n) is 5.76. The topological polar surface area (TPSA) is 58.1 Å². The van der Waals surface area contributed by atoms with E-state index < -0.39 is 0 Å². The van der Waals surface area contributed by atoms with Gasteiger partial charge in [-0.25, -0.2) is 0 Å². The fraction of sp³-hybridized carbons (Fsp3) is 0.938. The van der Waals surface area contributed by atoms with Gasteiger partial charge in [-0.05, 0) is 39.7 Å². The molecule has 1 heterocycles. The van der Waals surface area contributed by atoms with Gasteiger partial charge < -0.3 is 25.0 Å². The van der Waals surface area contributed by atoms with E-state index in [4.69, 9.17) is 9.47 Å². The first-order valence-corrected chi connectivity index (χ1v) is 8.57. The molecule has 138 valence electrons. The minimum absolute atomic E-state index is 0. The zero-order chi connectivity index (χ0) is 16.0. The van der Waals surface area contributed by atoms with Gasteiger partial charge in [-0.15, -0.1) is 24.0 Å². The second-order valence-corrected chi connectivity index (χ2v) is 5.76. The molecule has 2 N–H and O–H groups in total. The lowest BCUT2D eigenvalue weighted by atomic mass is 10.2. The molecule has 0 bridgehead atoms. The number of nitrogens with one attached hydrogen (secondary N) is 2. The van der Waals surface area contributed by atoms with Gasteiger partial charge in [0.1, 0.15) is 0 Å². The molecule has 0 amide bonds. The smallest absolute Gasteiger partial charge is 0.191 e. The van der Waals surface area contributed by atoms with Gasteiger partial charge in [-0.2, -0.15) is 0 Å². The van der Waals surface area contributed by atoms with Crippen molar-refractivity contribution in [2.75, 3.05) is 60.1 Å². The van der Waals surface area contributed by atoms with E-state index in [-0.39, 0.29) is 24.0 Å². The molecule has 1 unspecified atom stereocenters. The fourth-order valence-corrected chi connectivity index (χ4v) is 2.49. The van der Waals surface area contributed by atoms with Crippen LogP contribution in [0.5, 0.6) is 0 Å². The Balaban J connectivity index is 0.00000484. The Labute approximate surface area is 158 Å². The number of ether oxygens (including phenoxy) is 2. The van der Waals surface area contributed by atoms with Crippen LogP contribution in [0.3, 0.4) is 0 Å².